The van der Waals surface area contributed by atoms with Gasteiger partial charge in [0, 0.05) is 31.5 Å². The number of aliphatic hydroxyl groups is 1. The maximum absolute atomic E-state index is 12.4. The number of aliphatic hydroxyl groups excluding tert-OH is 1. The molecule has 7 nitrogen and oxygen atoms in total. The lowest BCUT2D eigenvalue weighted by Crippen LogP contribution is -2.53. The van der Waals surface area contributed by atoms with Crippen molar-refractivity contribution in [1.29, 1.82) is 5.26 Å². The second-order valence-electron chi connectivity index (χ2n) is 8.63. The minimum Gasteiger partial charge on any atom is -0.383 e. The number of aromatic nitrogens is 2. The van der Waals surface area contributed by atoms with E-state index < -0.39 is 6.10 Å². The number of nitriles is 1. The number of carbonyl (C=O) groups excluding carboxylic acids is 1. The van der Waals surface area contributed by atoms with Gasteiger partial charge in [0.1, 0.15) is 23.2 Å². The van der Waals surface area contributed by atoms with E-state index in [2.05, 4.69) is 26.3 Å². The summed E-state index contributed by atoms with van der Waals surface area (Å²) in [6.45, 7) is 5.23. The van der Waals surface area contributed by atoms with Crippen molar-refractivity contribution in [2.75, 3.05) is 18.0 Å². The minimum atomic E-state index is -0.994. The summed E-state index contributed by atoms with van der Waals surface area (Å²) in [6, 6.07) is 5.89. The number of hydrogen-bond acceptors (Lipinski definition) is 6. The molecular weight excluding hydrogens is 366 g/mol. The Kier molecular flexibility index (Phi) is 5.37. The zero-order valence-corrected chi connectivity index (χ0v) is 16.9. The molecule has 2 heterocycles. The second-order valence-corrected chi connectivity index (χ2v) is 8.63. The highest BCUT2D eigenvalue weighted by atomic mass is 16.3. The monoisotopic (exact) mass is 393 g/mol. The summed E-state index contributed by atoms with van der Waals surface area (Å²) in [5.41, 5.74) is 2.78. The molecule has 0 radical (unpaired) electrons. The number of nitrogens with zero attached hydrogens (tertiary/aromatic N) is 4. The molecule has 1 saturated heterocycles. The number of amides is 1. The molecule has 2 aromatic rings. The first-order valence-electron chi connectivity index (χ1n) is 10.3. The highest BCUT2D eigenvalue weighted by Gasteiger charge is 2.39. The molecule has 2 fully saturated rings. The van der Waals surface area contributed by atoms with Crippen molar-refractivity contribution in [3.63, 3.8) is 0 Å². The average Bonchev–Trinajstić information content (AvgIpc) is 3.57. The van der Waals surface area contributed by atoms with Gasteiger partial charge < -0.3 is 15.3 Å². The second kappa shape index (κ2) is 7.96. The van der Waals surface area contributed by atoms with Crippen LogP contribution in [-0.2, 0) is 4.79 Å². The Morgan fingerprint density at radius 1 is 1.21 bits per heavy atom. The summed E-state index contributed by atoms with van der Waals surface area (Å²) in [5, 5.41) is 22.6. The zero-order chi connectivity index (χ0) is 20.5. The molecule has 1 aromatic heterocycles. The molecule has 2 aliphatic rings. The van der Waals surface area contributed by atoms with Gasteiger partial charge in [0.15, 0.2) is 0 Å². The third-order valence-electron chi connectivity index (χ3n) is 6.08. The van der Waals surface area contributed by atoms with E-state index in [0.29, 0.717) is 29.5 Å². The van der Waals surface area contributed by atoms with Gasteiger partial charge in [0.2, 0.25) is 5.91 Å². The summed E-state index contributed by atoms with van der Waals surface area (Å²) in [5.74, 6) is 0.771. The first-order valence-corrected chi connectivity index (χ1v) is 10.3. The Balaban J connectivity index is 1.62. The van der Waals surface area contributed by atoms with E-state index in [1.54, 1.807) is 18.5 Å². The molecular formula is C22H27N5O2. The lowest BCUT2D eigenvalue weighted by atomic mass is 9.89. The molecule has 29 heavy (non-hydrogen) atoms. The largest absolute Gasteiger partial charge is 0.383 e. The third-order valence-corrected chi connectivity index (χ3v) is 6.08. The molecule has 1 aliphatic carbocycles. The predicted octanol–water partition coefficient (Wildman–Crippen LogP) is 2.24. The van der Waals surface area contributed by atoms with Crippen molar-refractivity contribution in [2.45, 2.75) is 45.3 Å². The number of piperidine rings is 1. The number of anilines is 1. The molecule has 0 bridgehead atoms. The minimum absolute atomic E-state index is 0.0300. The SMILES string of the molecule is CC(C)C(O)C(=O)N[C@@H]1C[C@H](C2CC2)CN(c2ccc(C#N)c3nccnc23)C1. The summed E-state index contributed by atoms with van der Waals surface area (Å²) in [7, 11) is 0. The van der Waals surface area contributed by atoms with Gasteiger partial charge in [-0.15, -0.1) is 0 Å². The predicted molar refractivity (Wildman–Crippen MR) is 110 cm³/mol. The first kappa shape index (κ1) is 19.6. The standard InChI is InChI=1S/C22H27N5O2/c1-13(2)21(28)22(29)26-17-9-16(14-3-4-14)11-27(12-17)18-6-5-15(10-23)19-20(18)25-8-7-24-19/h5-8,13-14,16-17,21,28H,3-4,9,11-12H2,1-2H3,(H,26,29)/t16-,17+,21?/m0/s1. The Labute approximate surface area is 170 Å². The molecule has 1 aromatic carbocycles. The van der Waals surface area contributed by atoms with Crippen LogP contribution < -0.4 is 10.2 Å². The number of benzene rings is 1. The fraction of sp³-hybridized carbons (Fsp3) is 0.545. The smallest absolute Gasteiger partial charge is 0.249 e. The topological polar surface area (TPSA) is 102 Å². The van der Waals surface area contributed by atoms with Gasteiger partial charge in [-0.1, -0.05) is 13.8 Å². The van der Waals surface area contributed by atoms with Crippen LogP contribution in [-0.4, -0.2) is 46.2 Å². The first-order chi connectivity index (χ1) is 14.0. The lowest BCUT2D eigenvalue weighted by Gasteiger charge is -2.40. The van der Waals surface area contributed by atoms with Gasteiger partial charge in [-0.25, -0.2) is 0 Å². The molecule has 1 amide bonds. The number of hydrogen-bond donors (Lipinski definition) is 2. The number of rotatable bonds is 5. The normalized spacial score (nSPS) is 23.1. The maximum atomic E-state index is 12.4. The quantitative estimate of drug-likeness (QED) is 0.808. The molecule has 1 aliphatic heterocycles. The van der Waals surface area contributed by atoms with Crippen LogP contribution in [0.1, 0.15) is 38.7 Å². The van der Waals surface area contributed by atoms with E-state index in [4.69, 9.17) is 0 Å². The number of nitrogens with one attached hydrogen (secondary N) is 1. The van der Waals surface area contributed by atoms with Crippen LogP contribution in [0.15, 0.2) is 24.5 Å². The molecule has 0 spiro atoms. The fourth-order valence-corrected chi connectivity index (χ4v) is 4.33. The molecule has 7 heteroatoms. The van der Waals surface area contributed by atoms with Gasteiger partial charge in [-0.2, -0.15) is 5.26 Å². The van der Waals surface area contributed by atoms with Gasteiger partial charge in [-0.3, -0.25) is 14.8 Å². The Bertz CT molecular complexity index is 950. The van der Waals surface area contributed by atoms with Crippen LogP contribution in [0.2, 0.25) is 0 Å². The van der Waals surface area contributed by atoms with Gasteiger partial charge in [0.05, 0.1) is 11.3 Å². The highest BCUT2D eigenvalue weighted by molar-refractivity contribution is 5.92. The molecule has 4 rings (SSSR count). The van der Waals surface area contributed by atoms with Crippen molar-refractivity contribution < 1.29 is 9.90 Å². The number of fused-ring (bicyclic) bond motifs is 1. The van der Waals surface area contributed by atoms with Crippen molar-refractivity contribution in [3.8, 4) is 6.07 Å². The van der Waals surface area contributed by atoms with E-state index in [1.165, 1.54) is 12.8 Å². The fourth-order valence-electron chi connectivity index (χ4n) is 4.33. The average molecular weight is 393 g/mol. The Hall–Kier alpha value is -2.72. The van der Waals surface area contributed by atoms with Crippen molar-refractivity contribution in [3.05, 3.63) is 30.1 Å². The number of carbonyl (C=O) groups is 1. The van der Waals surface area contributed by atoms with Crippen LogP contribution in [0.25, 0.3) is 11.0 Å². The van der Waals surface area contributed by atoms with E-state index in [9.17, 15) is 15.2 Å². The van der Waals surface area contributed by atoms with Crippen molar-refractivity contribution in [2.24, 2.45) is 17.8 Å². The Morgan fingerprint density at radius 3 is 2.59 bits per heavy atom. The van der Waals surface area contributed by atoms with Crippen LogP contribution in [0.5, 0.6) is 0 Å². The zero-order valence-electron chi connectivity index (χ0n) is 16.9. The Morgan fingerprint density at radius 2 is 1.93 bits per heavy atom. The van der Waals surface area contributed by atoms with Crippen molar-refractivity contribution in [1.82, 2.24) is 15.3 Å². The van der Waals surface area contributed by atoms with E-state index in [-0.39, 0.29) is 17.9 Å². The van der Waals surface area contributed by atoms with Crippen LogP contribution in [0.4, 0.5) is 5.69 Å². The molecule has 1 unspecified atom stereocenters. The summed E-state index contributed by atoms with van der Waals surface area (Å²) in [6.07, 6.45) is 5.66. The van der Waals surface area contributed by atoms with E-state index in [1.807, 2.05) is 19.9 Å². The van der Waals surface area contributed by atoms with Crippen LogP contribution in [0.3, 0.4) is 0 Å². The highest BCUT2D eigenvalue weighted by Crippen LogP contribution is 2.42. The van der Waals surface area contributed by atoms with Gasteiger partial charge in [0.25, 0.3) is 0 Å². The molecule has 3 atom stereocenters. The summed E-state index contributed by atoms with van der Waals surface area (Å²) in [4.78, 5) is 23.6. The third kappa shape index (κ3) is 4.03. The molecule has 2 N–H and O–H groups in total. The lowest BCUT2D eigenvalue weighted by molar-refractivity contribution is -0.132. The summed E-state index contributed by atoms with van der Waals surface area (Å²) < 4.78 is 0. The van der Waals surface area contributed by atoms with Crippen LogP contribution in [0, 0.1) is 29.1 Å². The molecule has 1 saturated carbocycles. The maximum Gasteiger partial charge on any atom is 0.249 e. The van der Waals surface area contributed by atoms with Crippen LogP contribution >= 0.6 is 0 Å². The van der Waals surface area contributed by atoms with Crippen molar-refractivity contribution >= 4 is 22.6 Å². The summed E-state index contributed by atoms with van der Waals surface area (Å²) >= 11 is 0. The molecule has 152 valence electrons. The van der Waals surface area contributed by atoms with Gasteiger partial charge in [-0.05, 0) is 49.1 Å². The van der Waals surface area contributed by atoms with Gasteiger partial charge >= 0.3 is 0 Å². The van der Waals surface area contributed by atoms with E-state index in [0.717, 1.165) is 24.2 Å². The van der Waals surface area contributed by atoms with E-state index >= 15 is 0 Å².